The second-order valence-electron chi connectivity index (χ2n) is 7.08. The summed E-state index contributed by atoms with van der Waals surface area (Å²) in [6.45, 7) is 7.40. The molecule has 3 nitrogen and oxygen atoms in total. The van der Waals surface area contributed by atoms with E-state index in [1.807, 2.05) is 25.1 Å². The van der Waals surface area contributed by atoms with Gasteiger partial charge in [0.15, 0.2) is 0 Å². The van der Waals surface area contributed by atoms with Crippen LogP contribution in [-0.2, 0) is 10.0 Å². The molecule has 2 aromatic rings. The summed E-state index contributed by atoms with van der Waals surface area (Å²) in [4.78, 5) is 2.68. The van der Waals surface area contributed by atoms with Gasteiger partial charge in [-0.15, -0.1) is 0 Å². The molecule has 1 aliphatic rings. The van der Waals surface area contributed by atoms with E-state index in [4.69, 9.17) is 0 Å². The average Bonchev–Trinajstić information content (AvgIpc) is 3.07. The molecule has 2 aromatic carbocycles. The minimum atomic E-state index is -3.44. The molecule has 3 rings (SSSR count). The van der Waals surface area contributed by atoms with Crippen LogP contribution in [0, 0.1) is 18.8 Å². The standard InChI is InChI=1S/C21H25NO2SSe/c1-16(2)21-14-22(25(23,24)19-11-9-17(3)10-12-19)13-18(21)15-26-20-7-5-4-6-8-20/h4-12,15-16,21H,13-14H2,1-3H3/b18-15+. The molecular formula is C21H25NO2SSe. The van der Waals surface area contributed by atoms with Gasteiger partial charge in [-0.2, -0.15) is 0 Å². The number of nitrogens with zero attached hydrogens (tertiary/aromatic N) is 1. The average molecular weight is 434 g/mol. The van der Waals surface area contributed by atoms with Gasteiger partial charge in [-0.1, -0.05) is 0 Å². The summed E-state index contributed by atoms with van der Waals surface area (Å²) in [6.07, 6.45) is 0. The van der Waals surface area contributed by atoms with Gasteiger partial charge in [0.05, 0.1) is 0 Å². The predicted molar refractivity (Wildman–Crippen MR) is 108 cm³/mol. The molecule has 1 fully saturated rings. The summed E-state index contributed by atoms with van der Waals surface area (Å²) in [5, 5.41) is 0. The van der Waals surface area contributed by atoms with E-state index in [1.54, 1.807) is 16.4 Å². The topological polar surface area (TPSA) is 37.4 Å². The van der Waals surface area contributed by atoms with Crippen molar-refractivity contribution >= 4 is 29.4 Å². The zero-order valence-electron chi connectivity index (χ0n) is 15.4. The van der Waals surface area contributed by atoms with Crippen LogP contribution in [0.4, 0.5) is 0 Å². The quantitative estimate of drug-likeness (QED) is 0.678. The van der Waals surface area contributed by atoms with Crippen molar-refractivity contribution in [1.82, 2.24) is 4.31 Å². The molecule has 0 N–H and O–H groups in total. The zero-order valence-corrected chi connectivity index (χ0v) is 18.0. The fourth-order valence-electron chi connectivity index (χ4n) is 3.17. The van der Waals surface area contributed by atoms with Crippen LogP contribution in [0.3, 0.4) is 0 Å². The molecule has 0 spiro atoms. The molecule has 0 aromatic heterocycles. The normalized spacial score (nSPS) is 20.2. The van der Waals surface area contributed by atoms with E-state index in [1.165, 1.54) is 10.0 Å². The second-order valence-corrected chi connectivity index (χ2v) is 11.0. The number of aryl methyl sites for hydroxylation is 1. The molecule has 138 valence electrons. The summed E-state index contributed by atoms with van der Waals surface area (Å²) in [5.41, 5.74) is 2.33. The summed E-state index contributed by atoms with van der Waals surface area (Å²) in [5.74, 6) is 0.715. The van der Waals surface area contributed by atoms with Crippen molar-refractivity contribution in [3.8, 4) is 0 Å². The molecule has 1 saturated heterocycles. The van der Waals surface area contributed by atoms with Gasteiger partial charge in [0, 0.05) is 0 Å². The molecule has 5 heteroatoms. The van der Waals surface area contributed by atoms with Crippen molar-refractivity contribution in [2.45, 2.75) is 25.7 Å². The molecule has 1 atom stereocenters. The van der Waals surface area contributed by atoms with Crippen LogP contribution < -0.4 is 4.46 Å². The molecular weight excluding hydrogens is 409 g/mol. The van der Waals surface area contributed by atoms with Crippen molar-refractivity contribution in [3.05, 3.63) is 70.7 Å². The molecule has 0 aliphatic carbocycles. The van der Waals surface area contributed by atoms with Crippen molar-refractivity contribution in [1.29, 1.82) is 0 Å². The molecule has 0 radical (unpaired) electrons. The summed E-state index contributed by atoms with van der Waals surface area (Å²) < 4.78 is 29.0. The minimum absolute atomic E-state index is 0.230. The first-order chi connectivity index (χ1) is 12.4. The molecule has 1 unspecified atom stereocenters. The third-order valence-electron chi connectivity index (χ3n) is 4.79. The van der Waals surface area contributed by atoms with Gasteiger partial charge in [-0.25, -0.2) is 0 Å². The number of hydrogen-bond donors (Lipinski definition) is 0. The van der Waals surface area contributed by atoms with Crippen LogP contribution >= 0.6 is 0 Å². The van der Waals surface area contributed by atoms with E-state index >= 15 is 0 Å². The molecule has 0 saturated carbocycles. The Morgan fingerprint density at radius 1 is 1.08 bits per heavy atom. The fourth-order valence-corrected chi connectivity index (χ4v) is 6.41. The fraction of sp³-hybridized carbons (Fsp3) is 0.333. The SMILES string of the molecule is Cc1ccc(S(=O)(=O)N2C/C(=C\[Se]c3ccccc3)C(C(C)C)C2)cc1. The van der Waals surface area contributed by atoms with E-state index in [0.717, 1.165) is 5.56 Å². The Morgan fingerprint density at radius 2 is 1.73 bits per heavy atom. The monoisotopic (exact) mass is 435 g/mol. The van der Waals surface area contributed by atoms with E-state index in [2.05, 4.69) is 43.1 Å². The number of hydrogen-bond acceptors (Lipinski definition) is 2. The van der Waals surface area contributed by atoms with Crippen LogP contribution in [0.2, 0.25) is 0 Å². The van der Waals surface area contributed by atoms with E-state index in [0.29, 0.717) is 29.8 Å². The summed E-state index contributed by atoms with van der Waals surface area (Å²) >= 11 is 0.230. The van der Waals surface area contributed by atoms with Crippen molar-refractivity contribution < 1.29 is 8.42 Å². The van der Waals surface area contributed by atoms with Crippen molar-refractivity contribution in [2.75, 3.05) is 13.1 Å². The molecule has 0 amide bonds. The Balaban J connectivity index is 1.83. The third-order valence-corrected chi connectivity index (χ3v) is 8.64. The zero-order chi connectivity index (χ0) is 18.7. The van der Waals surface area contributed by atoms with Crippen LogP contribution in [0.25, 0.3) is 0 Å². The predicted octanol–water partition coefficient (Wildman–Crippen LogP) is 3.19. The Kier molecular flexibility index (Phi) is 6.03. The Hall–Kier alpha value is -1.39. The summed E-state index contributed by atoms with van der Waals surface area (Å²) in [6, 6.07) is 17.5. The number of sulfonamides is 1. The molecule has 0 bridgehead atoms. The molecule has 26 heavy (non-hydrogen) atoms. The third kappa shape index (κ3) is 4.29. The van der Waals surface area contributed by atoms with E-state index in [9.17, 15) is 8.42 Å². The maximum atomic E-state index is 13.0. The van der Waals surface area contributed by atoms with E-state index in [-0.39, 0.29) is 15.0 Å². The number of benzene rings is 2. The maximum absolute atomic E-state index is 13.0. The van der Waals surface area contributed by atoms with Gasteiger partial charge in [-0.05, 0) is 0 Å². The van der Waals surface area contributed by atoms with Crippen molar-refractivity contribution in [3.63, 3.8) is 0 Å². The summed E-state index contributed by atoms with van der Waals surface area (Å²) in [7, 11) is -3.44. The Morgan fingerprint density at radius 3 is 2.35 bits per heavy atom. The van der Waals surface area contributed by atoms with Crippen LogP contribution in [0.15, 0.2) is 70.0 Å². The van der Waals surface area contributed by atoms with Gasteiger partial charge in [0.1, 0.15) is 0 Å². The van der Waals surface area contributed by atoms with E-state index < -0.39 is 10.0 Å². The van der Waals surface area contributed by atoms with Gasteiger partial charge in [0.25, 0.3) is 0 Å². The van der Waals surface area contributed by atoms with Gasteiger partial charge in [0.2, 0.25) is 0 Å². The number of rotatable bonds is 5. The Labute approximate surface area is 163 Å². The van der Waals surface area contributed by atoms with Gasteiger partial charge >= 0.3 is 163 Å². The molecule has 1 aliphatic heterocycles. The van der Waals surface area contributed by atoms with Gasteiger partial charge < -0.3 is 0 Å². The second kappa shape index (κ2) is 8.10. The van der Waals surface area contributed by atoms with Gasteiger partial charge in [-0.3, -0.25) is 0 Å². The molecule has 1 heterocycles. The first-order valence-corrected chi connectivity index (χ1v) is 12.1. The first-order valence-electron chi connectivity index (χ1n) is 8.85. The first kappa shape index (κ1) is 19.4. The van der Waals surface area contributed by atoms with Crippen LogP contribution in [0.5, 0.6) is 0 Å². The van der Waals surface area contributed by atoms with Crippen LogP contribution in [0.1, 0.15) is 19.4 Å². The van der Waals surface area contributed by atoms with Crippen molar-refractivity contribution in [2.24, 2.45) is 11.8 Å². The Bertz CT molecular complexity index is 874. The van der Waals surface area contributed by atoms with Crippen LogP contribution in [-0.4, -0.2) is 40.8 Å².